The van der Waals surface area contributed by atoms with E-state index in [1.165, 1.54) is 6.92 Å². The number of alkyl halides is 6. The molecular weight excluding hydrogens is 451 g/mol. The summed E-state index contributed by atoms with van der Waals surface area (Å²) in [6.45, 7) is 1.38. The van der Waals surface area contributed by atoms with Crippen LogP contribution in [0.3, 0.4) is 0 Å². The summed E-state index contributed by atoms with van der Waals surface area (Å²) in [5.41, 5.74) is -4.80. The minimum absolute atomic E-state index is 0.238. The molecule has 1 atom stereocenters. The highest BCUT2D eigenvalue weighted by molar-refractivity contribution is 7.99. The molecule has 4 nitrogen and oxygen atoms in total. The van der Waals surface area contributed by atoms with E-state index < -0.39 is 62.1 Å². The maximum Gasteiger partial charge on any atom is 0.419 e. The van der Waals surface area contributed by atoms with Crippen molar-refractivity contribution in [2.75, 3.05) is 17.8 Å². The molecule has 164 valence electrons. The summed E-state index contributed by atoms with van der Waals surface area (Å²) in [6.07, 6.45) is -9.22. The Kier molecular flexibility index (Phi) is 6.28. The Balaban J connectivity index is 2.71. The number of benzene rings is 1. The molecule has 0 spiro atoms. The van der Waals surface area contributed by atoms with Crippen LogP contribution in [0.15, 0.2) is 18.2 Å². The molecule has 1 heterocycles. The third-order valence-corrected chi connectivity index (χ3v) is 6.42. The van der Waals surface area contributed by atoms with Crippen LogP contribution in [0.1, 0.15) is 24.6 Å². The molecule has 0 aliphatic carbocycles. The van der Waals surface area contributed by atoms with Crippen LogP contribution in [0.5, 0.6) is 0 Å². The summed E-state index contributed by atoms with van der Waals surface area (Å²) < 4.78 is 115. The summed E-state index contributed by atoms with van der Waals surface area (Å²) in [4.78, 5) is 0. The molecule has 1 unspecified atom stereocenters. The molecule has 1 aromatic heterocycles. The number of thioether (sulfide) groups is 1. The zero-order valence-electron chi connectivity index (χ0n) is 15.0. The minimum Gasteiger partial charge on any atom is -0.383 e. The van der Waals surface area contributed by atoms with Gasteiger partial charge in [0.25, 0.3) is 0 Å². The maximum absolute atomic E-state index is 13.9. The van der Waals surface area contributed by atoms with E-state index in [0.29, 0.717) is 22.4 Å². The van der Waals surface area contributed by atoms with Crippen molar-refractivity contribution in [3.05, 3.63) is 35.3 Å². The lowest BCUT2D eigenvalue weighted by Crippen LogP contribution is -2.33. The second kappa shape index (κ2) is 7.65. The van der Waals surface area contributed by atoms with Gasteiger partial charge in [-0.3, -0.25) is 0 Å². The zero-order chi connectivity index (χ0) is 22.4. The number of aliphatic hydroxyl groups is 1. The van der Waals surface area contributed by atoms with Crippen LogP contribution in [0.2, 0.25) is 0 Å². The van der Waals surface area contributed by atoms with E-state index in [0.717, 1.165) is 6.07 Å². The monoisotopic (exact) mass is 467 g/mol. The Morgan fingerprint density at radius 1 is 1.07 bits per heavy atom. The lowest BCUT2D eigenvalue weighted by Gasteiger charge is -2.28. The predicted octanol–water partition coefficient (Wildman–Crippen LogP) is 4.50. The van der Waals surface area contributed by atoms with E-state index in [4.69, 9.17) is 0 Å². The van der Waals surface area contributed by atoms with Gasteiger partial charge in [-0.1, -0.05) is 6.92 Å². The van der Waals surface area contributed by atoms with E-state index in [1.807, 2.05) is 0 Å². The molecular formula is C16H16F7NO3S2. The highest BCUT2D eigenvalue weighted by atomic mass is 32.2. The number of nitrogens with zero attached hydrogens (tertiary/aromatic N) is 1. The van der Waals surface area contributed by atoms with Gasteiger partial charge in [0, 0.05) is 11.1 Å². The number of halogens is 7. The van der Waals surface area contributed by atoms with E-state index in [9.17, 15) is 44.3 Å². The van der Waals surface area contributed by atoms with Gasteiger partial charge < -0.3 is 5.11 Å². The average Bonchev–Trinajstić information content (AvgIpc) is 2.90. The SMILES string of the molecule is CCC(O)(CSCC(F)(F)F)c1cc2cc(F)c(C(F)(F)F)cc2n1S(C)(=O)=O. The second-order valence-corrected chi connectivity index (χ2v) is 9.26. The Morgan fingerprint density at radius 3 is 2.10 bits per heavy atom. The van der Waals surface area contributed by atoms with Crippen molar-refractivity contribution in [1.82, 2.24) is 3.97 Å². The molecule has 2 aromatic rings. The Bertz CT molecular complexity index is 1010. The van der Waals surface area contributed by atoms with E-state index in [1.54, 1.807) is 0 Å². The van der Waals surface area contributed by atoms with Crippen molar-refractivity contribution in [2.45, 2.75) is 31.3 Å². The number of rotatable bonds is 6. The van der Waals surface area contributed by atoms with Crippen molar-refractivity contribution in [1.29, 1.82) is 0 Å². The van der Waals surface area contributed by atoms with Gasteiger partial charge >= 0.3 is 12.4 Å². The van der Waals surface area contributed by atoms with Crippen molar-refractivity contribution in [3.63, 3.8) is 0 Å². The van der Waals surface area contributed by atoms with Crippen LogP contribution in [0.25, 0.3) is 10.9 Å². The summed E-state index contributed by atoms with van der Waals surface area (Å²) in [7, 11) is -4.30. The summed E-state index contributed by atoms with van der Waals surface area (Å²) in [5, 5.41) is 10.6. The van der Waals surface area contributed by atoms with Gasteiger partial charge in [-0.25, -0.2) is 16.8 Å². The average molecular weight is 467 g/mol. The molecule has 0 amide bonds. The topological polar surface area (TPSA) is 59.3 Å². The van der Waals surface area contributed by atoms with Crippen LogP contribution in [0.4, 0.5) is 30.7 Å². The zero-order valence-corrected chi connectivity index (χ0v) is 16.7. The first-order valence-electron chi connectivity index (χ1n) is 8.00. The van der Waals surface area contributed by atoms with Crippen LogP contribution in [-0.4, -0.2) is 41.4 Å². The smallest absolute Gasteiger partial charge is 0.383 e. The lowest BCUT2D eigenvalue weighted by atomic mass is 9.99. The fourth-order valence-electron chi connectivity index (χ4n) is 2.80. The van der Waals surface area contributed by atoms with Gasteiger partial charge in [-0.2, -0.15) is 26.3 Å². The molecule has 29 heavy (non-hydrogen) atoms. The van der Waals surface area contributed by atoms with Gasteiger partial charge in [-0.15, -0.1) is 11.8 Å². The van der Waals surface area contributed by atoms with Gasteiger partial charge in [0.05, 0.1) is 28.8 Å². The van der Waals surface area contributed by atoms with Gasteiger partial charge in [0.15, 0.2) is 0 Å². The number of hydrogen-bond acceptors (Lipinski definition) is 4. The summed E-state index contributed by atoms with van der Waals surface area (Å²) >= 11 is 0.289. The molecule has 0 fully saturated rings. The normalized spacial score (nSPS) is 15.7. The molecule has 2 rings (SSSR count). The molecule has 0 saturated carbocycles. The Morgan fingerprint density at radius 2 is 1.66 bits per heavy atom. The van der Waals surface area contributed by atoms with Crippen LogP contribution >= 0.6 is 11.8 Å². The van der Waals surface area contributed by atoms with Crippen molar-refractivity contribution in [3.8, 4) is 0 Å². The lowest BCUT2D eigenvalue weighted by molar-refractivity contribution is -0.139. The molecule has 0 bridgehead atoms. The van der Waals surface area contributed by atoms with Crippen LogP contribution in [-0.2, 0) is 21.8 Å². The number of hydrogen-bond donors (Lipinski definition) is 1. The quantitative estimate of drug-likeness (QED) is 0.636. The predicted molar refractivity (Wildman–Crippen MR) is 94.7 cm³/mol. The first-order valence-corrected chi connectivity index (χ1v) is 11.0. The summed E-state index contributed by atoms with van der Waals surface area (Å²) in [5.74, 6) is -3.54. The van der Waals surface area contributed by atoms with E-state index >= 15 is 0 Å². The fourth-order valence-corrected chi connectivity index (χ4v) is 4.91. The third-order valence-electron chi connectivity index (χ3n) is 4.15. The molecule has 0 aliphatic heterocycles. The highest BCUT2D eigenvalue weighted by Gasteiger charge is 2.39. The summed E-state index contributed by atoms with van der Waals surface area (Å²) in [6, 6.07) is 1.74. The third kappa shape index (κ3) is 5.18. The highest BCUT2D eigenvalue weighted by Crippen LogP contribution is 2.39. The largest absolute Gasteiger partial charge is 0.419 e. The van der Waals surface area contributed by atoms with Crippen molar-refractivity contribution < 1.29 is 44.3 Å². The Labute approximate surface area is 165 Å². The number of aromatic nitrogens is 1. The van der Waals surface area contributed by atoms with Crippen molar-refractivity contribution >= 4 is 32.7 Å². The van der Waals surface area contributed by atoms with E-state index in [2.05, 4.69) is 0 Å². The molecule has 0 radical (unpaired) electrons. The fraction of sp³-hybridized carbons (Fsp3) is 0.500. The van der Waals surface area contributed by atoms with E-state index in [-0.39, 0.29) is 23.6 Å². The molecule has 1 aromatic carbocycles. The van der Waals surface area contributed by atoms with Crippen LogP contribution < -0.4 is 0 Å². The van der Waals surface area contributed by atoms with Gasteiger partial charge in [0.2, 0.25) is 10.0 Å². The molecule has 0 aliphatic rings. The maximum atomic E-state index is 13.9. The minimum atomic E-state index is -5.10. The second-order valence-electron chi connectivity index (χ2n) is 6.44. The molecule has 0 saturated heterocycles. The molecule has 13 heteroatoms. The van der Waals surface area contributed by atoms with Crippen LogP contribution in [0, 0.1) is 5.82 Å². The Hall–Kier alpha value is -1.47. The van der Waals surface area contributed by atoms with Crippen molar-refractivity contribution in [2.24, 2.45) is 0 Å². The number of fused-ring (bicyclic) bond motifs is 1. The standard InChI is InChI=1S/C16H16F7NO3S2/c1-3-14(25,7-28-8-15(18,19)20)13-5-9-4-11(17)10(16(21,22)23)6-12(9)24(13)29(2,26)27/h4-6,25H,3,7-8H2,1-2H3. The first-order chi connectivity index (χ1) is 13.0. The first kappa shape index (κ1) is 23.8. The van der Waals surface area contributed by atoms with Gasteiger partial charge in [0.1, 0.15) is 11.4 Å². The van der Waals surface area contributed by atoms with Gasteiger partial charge in [-0.05, 0) is 24.6 Å². The molecule has 1 N–H and O–H groups in total.